The average Bonchev–Trinajstić information content (AvgIpc) is 2.75. The number of rotatable bonds is 10. The molecular formula is C28H33O3S+. The number of benzene rings is 3. The standard InChI is InChI=1S/C28H32O3S/c1-20-9-13-24(14-10-20)32(25-15-11-21(2)12-16-25)26-18-22(3)28(23(4)19-26)31-17-7-5-6-8-27(29)30/h9-16,18-19H,5-8,17H2,1-4H3/p+1. The van der Waals surface area contributed by atoms with Crippen molar-refractivity contribution in [3.63, 3.8) is 0 Å². The fourth-order valence-corrected chi connectivity index (χ4v) is 5.96. The molecule has 3 rings (SSSR count). The molecule has 0 aliphatic carbocycles. The highest BCUT2D eigenvalue weighted by Gasteiger charge is 2.30. The summed E-state index contributed by atoms with van der Waals surface area (Å²) in [5.74, 6) is 0.217. The molecule has 0 unspecified atom stereocenters. The van der Waals surface area contributed by atoms with Crippen molar-refractivity contribution >= 4 is 16.9 Å². The molecular weight excluding hydrogens is 416 g/mol. The van der Waals surface area contributed by atoms with Gasteiger partial charge in [-0.3, -0.25) is 4.79 Å². The normalized spacial score (nSPS) is 11.0. The molecule has 0 aliphatic rings. The summed E-state index contributed by atoms with van der Waals surface area (Å²) in [5, 5.41) is 8.75. The maximum Gasteiger partial charge on any atom is 0.303 e. The summed E-state index contributed by atoms with van der Waals surface area (Å²) in [4.78, 5) is 14.6. The Morgan fingerprint density at radius 3 is 1.72 bits per heavy atom. The second-order valence-corrected chi connectivity index (χ2v) is 10.4. The lowest BCUT2D eigenvalue weighted by molar-refractivity contribution is -0.137. The minimum atomic E-state index is -0.731. The third kappa shape index (κ3) is 6.39. The molecule has 0 amide bonds. The summed E-state index contributed by atoms with van der Waals surface area (Å²) >= 11 is 0. The van der Waals surface area contributed by atoms with Crippen LogP contribution < -0.4 is 4.74 Å². The Morgan fingerprint density at radius 1 is 0.750 bits per heavy atom. The van der Waals surface area contributed by atoms with Gasteiger partial charge >= 0.3 is 5.97 Å². The van der Waals surface area contributed by atoms with Gasteiger partial charge in [0, 0.05) is 18.6 Å². The Bertz CT molecular complexity index is 971. The van der Waals surface area contributed by atoms with Gasteiger partial charge in [0.1, 0.15) is 5.75 Å². The summed E-state index contributed by atoms with van der Waals surface area (Å²) in [5.41, 5.74) is 4.81. The molecule has 0 heterocycles. The molecule has 32 heavy (non-hydrogen) atoms. The summed E-state index contributed by atoms with van der Waals surface area (Å²) in [7, 11) is -0.186. The molecule has 3 aromatic carbocycles. The Kier molecular flexibility index (Phi) is 8.40. The molecule has 0 fully saturated rings. The van der Waals surface area contributed by atoms with Crippen LogP contribution in [0.2, 0.25) is 0 Å². The fraction of sp³-hybridized carbons (Fsp3) is 0.321. The Balaban J connectivity index is 1.83. The number of carbonyl (C=O) groups is 1. The van der Waals surface area contributed by atoms with Crippen LogP contribution in [0.5, 0.6) is 5.75 Å². The van der Waals surface area contributed by atoms with Crippen molar-refractivity contribution in [3.8, 4) is 5.75 Å². The van der Waals surface area contributed by atoms with E-state index in [-0.39, 0.29) is 17.3 Å². The van der Waals surface area contributed by atoms with Crippen molar-refractivity contribution in [1.29, 1.82) is 0 Å². The lowest BCUT2D eigenvalue weighted by Crippen LogP contribution is -2.07. The lowest BCUT2D eigenvalue weighted by atomic mass is 10.1. The first-order chi connectivity index (χ1) is 15.3. The van der Waals surface area contributed by atoms with Gasteiger partial charge in [-0.2, -0.15) is 0 Å². The molecule has 0 atom stereocenters. The van der Waals surface area contributed by atoms with Gasteiger partial charge in [-0.25, -0.2) is 0 Å². The van der Waals surface area contributed by atoms with Crippen molar-refractivity contribution in [1.82, 2.24) is 0 Å². The predicted molar refractivity (Wildman–Crippen MR) is 132 cm³/mol. The summed E-state index contributed by atoms with van der Waals surface area (Å²) < 4.78 is 6.11. The number of carboxylic acid groups (broad SMARTS) is 1. The van der Waals surface area contributed by atoms with Gasteiger partial charge in [-0.1, -0.05) is 35.4 Å². The van der Waals surface area contributed by atoms with E-state index >= 15 is 0 Å². The van der Waals surface area contributed by atoms with Gasteiger partial charge in [-0.05, 0) is 82.3 Å². The van der Waals surface area contributed by atoms with E-state index in [1.54, 1.807) is 0 Å². The molecule has 1 N–H and O–H groups in total. The van der Waals surface area contributed by atoms with Crippen molar-refractivity contribution in [3.05, 3.63) is 82.9 Å². The number of aliphatic carboxylic acids is 1. The Labute approximate surface area is 194 Å². The molecule has 0 bridgehead atoms. The van der Waals surface area contributed by atoms with E-state index < -0.39 is 5.97 Å². The Hall–Kier alpha value is -2.72. The first kappa shape index (κ1) is 23.9. The van der Waals surface area contributed by atoms with Crippen LogP contribution in [0.15, 0.2) is 75.4 Å². The molecule has 4 heteroatoms. The zero-order valence-electron chi connectivity index (χ0n) is 19.5. The minimum absolute atomic E-state index is 0.186. The van der Waals surface area contributed by atoms with E-state index in [0.29, 0.717) is 13.0 Å². The molecule has 3 nitrogen and oxygen atoms in total. The summed E-state index contributed by atoms with van der Waals surface area (Å²) in [6.45, 7) is 9.08. The smallest absolute Gasteiger partial charge is 0.303 e. The predicted octanol–water partition coefficient (Wildman–Crippen LogP) is 7.04. The van der Waals surface area contributed by atoms with Gasteiger partial charge in [0.15, 0.2) is 14.7 Å². The molecule has 0 aromatic heterocycles. The maximum absolute atomic E-state index is 10.6. The van der Waals surface area contributed by atoms with Crippen LogP contribution in [0.4, 0.5) is 0 Å². The highest BCUT2D eigenvalue weighted by Crippen LogP contribution is 2.35. The van der Waals surface area contributed by atoms with Crippen molar-refractivity contribution in [2.24, 2.45) is 0 Å². The van der Waals surface area contributed by atoms with Crippen LogP contribution in [0, 0.1) is 27.7 Å². The van der Waals surface area contributed by atoms with Crippen LogP contribution >= 0.6 is 0 Å². The second kappa shape index (κ2) is 11.2. The lowest BCUT2D eigenvalue weighted by Gasteiger charge is -2.15. The first-order valence-corrected chi connectivity index (χ1v) is 12.4. The average molecular weight is 450 g/mol. The Morgan fingerprint density at radius 2 is 1.25 bits per heavy atom. The quantitative estimate of drug-likeness (QED) is 0.267. The van der Waals surface area contributed by atoms with E-state index in [9.17, 15) is 4.79 Å². The SMILES string of the molecule is Cc1ccc([S+](c2ccc(C)cc2)c2cc(C)c(OCCCCCC(=O)O)c(C)c2)cc1. The summed E-state index contributed by atoms with van der Waals surface area (Å²) in [6, 6.07) is 22.2. The van der Waals surface area contributed by atoms with Crippen LogP contribution in [0.1, 0.15) is 47.9 Å². The van der Waals surface area contributed by atoms with E-state index in [4.69, 9.17) is 9.84 Å². The van der Waals surface area contributed by atoms with Crippen molar-refractivity contribution in [2.75, 3.05) is 6.61 Å². The van der Waals surface area contributed by atoms with Gasteiger partial charge in [-0.15, -0.1) is 0 Å². The zero-order valence-corrected chi connectivity index (χ0v) is 20.3. The zero-order chi connectivity index (χ0) is 23.1. The van der Waals surface area contributed by atoms with Crippen molar-refractivity contribution < 1.29 is 14.6 Å². The number of ether oxygens (including phenoxy) is 1. The van der Waals surface area contributed by atoms with E-state index in [2.05, 4.69) is 88.4 Å². The molecule has 0 spiro atoms. The van der Waals surface area contributed by atoms with Gasteiger partial charge in [0.25, 0.3) is 0 Å². The van der Waals surface area contributed by atoms with Gasteiger partial charge in [0.05, 0.1) is 17.5 Å². The van der Waals surface area contributed by atoms with Crippen LogP contribution in [-0.4, -0.2) is 17.7 Å². The van der Waals surface area contributed by atoms with E-state index in [1.807, 2.05) is 0 Å². The van der Waals surface area contributed by atoms with Crippen LogP contribution in [-0.2, 0) is 15.7 Å². The number of hydrogen-bond acceptors (Lipinski definition) is 2. The minimum Gasteiger partial charge on any atom is -0.493 e. The highest BCUT2D eigenvalue weighted by atomic mass is 32.2. The number of aryl methyl sites for hydroxylation is 4. The molecule has 0 radical (unpaired) electrons. The third-order valence-corrected chi connectivity index (χ3v) is 7.66. The van der Waals surface area contributed by atoms with E-state index in [1.165, 1.54) is 25.8 Å². The number of unbranched alkanes of at least 4 members (excludes halogenated alkanes) is 2. The molecule has 0 saturated carbocycles. The third-order valence-electron chi connectivity index (χ3n) is 5.46. The largest absolute Gasteiger partial charge is 0.493 e. The van der Waals surface area contributed by atoms with Crippen LogP contribution in [0.25, 0.3) is 0 Å². The van der Waals surface area contributed by atoms with Crippen molar-refractivity contribution in [2.45, 2.75) is 68.1 Å². The van der Waals surface area contributed by atoms with Gasteiger partial charge < -0.3 is 9.84 Å². The first-order valence-electron chi connectivity index (χ1n) is 11.2. The number of carboxylic acids is 1. The molecule has 0 aliphatic heterocycles. The maximum atomic E-state index is 10.6. The molecule has 0 saturated heterocycles. The monoisotopic (exact) mass is 449 g/mol. The topological polar surface area (TPSA) is 46.5 Å². The second-order valence-electron chi connectivity index (χ2n) is 8.37. The molecule has 168 valence electrons. The van der Waals surface area contributed by atoms with Crippen LogP contribution in [0.3, 0.4) is 0 Å². The van der Waals surface area contributed by atoms with E-state index in [0.717, 1.165) is 29.7 Å². The summed E-state index contributed by atoms with van der Waals surface area (Å²) in [6.07, 6.45) is 2.66. The number of hydrogen-bond donors (Lipinski definition) is 1. The van der Waals surface area contributed by atoms with Gasteiger partial charge in [0.2, 0.25) is 0 Å². The molecule has 3 aromatic rings. The highest BCUT2D eigenvalue weighted by molar-refractivity contribution is 7.97. The fourth-order valence-electron chi connectivity index (χ4n) is 3.74.